The number of carboxylic acids is 1. The molecule has 3 aromatic rings. The molecule has 0 saturated heterocycles. The largest absolute Gasteiger partial charge is 0.481 e. The lowest BCUT2D eigenvalue weighted by Gasteiger charge is -2.29. The van der Waals surface area contributed by atoms with Crippen molar-refractivity contribution in [2.24, 2.45) is 10.4 Å². The van der Waals surface area contributed by atoms with Gasteiger partial charge in [0.05, 0.1) is 15.6 Å². The number of aliphatic imine (C=N–C) groups is 1. The molecule has 8 heteroatoms. The predicted molar refractivity (Wildman–Crippen MR) is 202 cm³/mol. The Morgan fingerprint density at radius 3 is 2.26 bits per heavy atom. The second kappa shape index (κ2) is 19.8. The summed E-state index contributed by atoms with van der Waals surface area (Å²) >= 11 is 1.45. The molecule has 3 rings (SSSR count). The van der Waals surface area contributed by atoms with E-state index in [2.05, 4.69) is 53.7 Å². The Morgan fingerprint density at radius 2 is 1.70 bits per heavy atom. The van der Waals surface area contributed by atoms with Crippen LogP contribution in [0.4, 0.5) is 9.93 Å². The molecule has 0 aliphatic heterocycles. The third-order valence-corrected chi connectivity index (χ3v) is 8.40. The van der Waals surface area contributed by atoms with Gasteiger partial charge in [0.15, 0.2) is 5.13 Å². The van der Waals surface area contributed by atoms with Crippen molar-refractivity contribution in [3.63, 3.8) is 0 Å². The number of carboxylic acid groups (broad SMARTS) is 1. The summed E-state index contributed by atoms with van der Waals surface area (Å²) in [6.45, 7) is 20.1. The Hall–Kier alpha value is -4.56. The summed E-state index contributed by atoms with van der Waals surface area (Å²) in [6.07, 6.45) is 15.2. The van der Waals surface area contributed by atoms with Gasteiger partial charge in [-0.15, -0.1) is 0 Å². The van der Waals surface area contributed by atoms with E-state index in [4.69, 9.17) is 0 Å². The van der Waals surface area contributed by atoms with Crippen LogP contribution in [-0.4, -0.2) is 34.3 Å². The van der Waals surface area contributed by atoms with Crippen LogP contribution in [-0.2, 0) is 11.2 Å². The number of anilines is 1. The van der Waals surface area contributed by atoms with Crippen molar-refractivity contribution in [2.75, 3.05) is 11.9 Å². The number of rotatable bonds is 15. The van der Waals surface area contributed by atoms with E-state index in [0.29, 0.717) is 18.1 Å². The number of allylic oxidation sites excluding steroid dienone is 7. The first-order valence-corrected chi connectivity index (χ1v) is 16.9. The fourth-order valence-corrected chi connectivity index (χ4v) is 6.21. The minimum absolute atomic E-state index is 0.265. The summed E-state index contributed by atoms with van der Waals surface area (Å²) < 4.78 is 1.00. The highest BCUT2D eigenvalue weighted by Gasteiger charge is 2.36. The van der Waals surface area contributed by atoms with Crippen LogP contribution in [0.15, 0.2) is 97.2 Å². The number of benzene rings is 2. The molecule has 0 saturated carbocycles. The number of urea groups is 1. The normalized spacial score (nSPS) is 11.9. The standard InChI is InChI=1S/C24H28N4OS.C15H22O2/c1-7-10-11-12-17(6)20-13-19(18(8-2)15-26-16(4)5)14-21-22(20)30-24(27-21)28-23(29)25-9-3;1-3-10-15(11-4-2,14(16)17)12-13-8-6-5-7-9-13/h7-8,10-15H,1-2,9H2,3-6H3,(H2,25,27,28,29);5-9H,3-4,10-12H2,1-2H3,(H,16,17)/b11-10-,17-12+,18-15+;. The molecule has 0 radical (unpaired) electrons. The first kappa shape index (κ1) is 38.6. The smallest absolute Gasteiger partial charge is 0.321 e. The zero-order valence-corrected chi connectivity index (χ0v) is 29.5. The van der Waals surface area contributed by atoms with Gasteiger partial charge in [-0.25, -0.2) is 9.78 Å². The molecule has 0 bridgehead atoms. The highest BCUT2D eigenvalue weighted by molar-refractivity contribution is 7.22. The summed E-state index contributed by atoms with van der Waals surface area (Å²) in [4.78, 5) is 32.6. The highest BCUT2D eigenvalue weighted by atomic mass is 32.1. The molecule has 0 spiro atoms. The van der Waals surface area contributed by atoms with Gasteiger partial charge in [0.1, 0.15) is 0 Å². The van der Waals surface area contributed by atoms with Crippen LogP contribution in [0, 0.1) is 5.41 Å². The van der Waals surface area contributed by atoms with Crippen LogP contribution in [0.5, 0.6) is 0 Å². The number of aromatic nitrogens is 1. The fourth-order valence-electron chi connectivity index (χ4n) is 5.19. The number of fused-ring (bicyclic) bond motifs is 1. The Bertz CT molecular complexity index is 1620. The van der Waals surface area contributed by atoms with Gasteiger partial charge in [-0.3, -0.25) is 15.1 Å². The summed E-state index contributed by atoms with van der Waals surface area (Å²) in [5.74, 6) is -0.648. The van der Waals surface area contributed by atoms with Crippen LogP contribution >= 0.6 is 11.3 Å². The number of hydrogen-bond acceptors (Lipinski definition) is 5. The maximum atomic E-state index is 11.9. The van der Waals surface area contributed by atoms with Crippen molar-refractivity contribution in [3.8, 4) is 0 Å². The van der Waals surface area contributed by atoms with Gasteiger partial charge in [-0.1, -0.05) is 112 Å². The second-order valence-corrected chi connectivity index (χ2v) is 12.5. The lowest BCUT2D eigenvalue weighted by Crippen LogP contribution is -2.33. The molecule has 0 unspecified atom stereocenters. The summed E-state index contributed by atoms with van der Waals surface area (Å²) in [5.41, 5.74) is 6.30. The number of hydrogen-bond donors (Lipinski definition) is 3. The topological polar surface area (TPSA) is 104 Å². The Balaban J connectivity index is 0.000000382. The molecule has 1 heterocycles. The number of carbonyl (C=O) groups excluding carboxylic acids is 1. The summed E-state index contributed by atoms with van der Waals surface area (Å²) in [7, 11) is 0. The molecular weight excluding hydrogens is 605 g/mol. The number of nitrogens with zero attached hydrogens (tertiary/aromatic N) is 2. The molecule has 0 fully saturated rings. The van der Waals surface area contributed by atoms with Crippen molar-refractivity contribution in [2.45, 2.75) is 73.6 Å². The first-order chi connectivity index (χ1) is 22.5. The number of nitrogens with one attached hydrogen (secondary N) is 2. The Kier molecular flexibility index (Phi) is 16.3. The van der Waals surface area contributed by atoms with E-state index in [1.807, 2.05) is 88.5 Å². The SMILES string of the molecule is C=C/C=C\C=C(/C)c1cc(/C(C=C)=C/N=C(C)C)cc2nc(NC(=O)NCC)sc12.CCCC(CCC)(Cc1ccccc1)C(=O)O. The molecule has 2 aromatic carbocycles. The van der Waals surface area contributed by atoms with Crippen molar-refractivity contribution in [3.05, 3.63) is 109 Å². The molecule has 7 nitrogen and oxygen atoms in total. The van der Waals surface area contributed by atoms with E-state index in [0.717, 1.165) is 69.4 Å². The quantitative estimate of drug-likeness (QED) is 0.112. The monoisotopic (exact) mass is 654 g/mol. The number of carbonyl (C=O) groups is 2. The van der Waals surface area contributed by atoms with Gasteiger partial charge in [0.2, 0.25) is 0 Å². The van der Waals surface area contributed by atoms with Crippen molar-refractivity contribution in [1.82, 2.24) is 10.3 Å². The summed E-state index contributed by atoms with van der Waals surface area (Å²) in [6, 6.07) is 13.8. The molecule has 0 atom stereocenters. The third kappa shape index (κ3) is 12.0. The molecule has 1 aromatic heterocycles. The van der Waals surface area contributed by atoms with Crippen LogP contribution in [0.25, 0.3) is 21.4 Å². The minimum atomic E-state index is -0.648. The van der Waals surface area contributed by atoms with E-state index in [1.165, 1.54) is 11.3 Å². The average Bonchev–Trinajstić information content (AvgIpc) is 3.44. The first-order valence-electron chi connectivity index (χ1n) is 16.1. The van der Waals surface area contributed by atoms with Gasteiger partial charge in [0, 0.05) is 18.5 Å². The lowest BCUT2D eigenvalue weighted by atomic mass is 9.74. The van der Waals surface area contributed by atoms with Crippen molar-refractivity contribution < 1.29 is 14.7 Å². The van der Waals surface area contributed by atoms with Gasteiger partial charge >= 0.3 is 12.0 Å². The van der Waals surface area contributed by atoms with Crippen molar-refractivity contribution in [1.29, 1.82) is 0 Å². The molecule has 250 valence electrons. The lowest BCUT2D eigenvalue weighted by molar-refractivity contribution is -0.150. The van der Waals surface area contributed by atoms with E-state index in [-0.39, 0.29) is 6.03 Å². The minimum Gasteiger partial charge on any atom is -0.481 e. The third-order valence-electron chi connectivity index (χ3n) is 7.38. The number of amides is 2. The number of thiazole rings is 1. The molecule has 0 aliphatic carbocycles. The average molecular weight is 655 g/mol. The van der Waals surface area contributed by atoms with Crippen LogP contribution < -0.4 is 10.6 Å². The van der Waals surface area contributed by atoms with Gasteiger partial charge < -0.3 is 10.4 Å². The molecular formula is C39H50N4O3S. The van der Waals surface area contributed by atoms with Crippen molar-refractivity contribution >= 4 is 55.5 Å². The number of aliphatic carboxylic acids is 1. The van der Waals surface area contributed by atoms with Crippen LogP contribution in [0.1, 0.15) is 83.9 Å². The molecule has 47 heavy (non-hydrogen) atoms. The van der Waals surface area contributed by atoms with Gasteiger partial charge in [0.25, 0.3) is 0 Å². The van der Waals surface area contributed by atoms with E-state index in [9.17, 15) is 14.7 Å². The van der Waals surface area contributed by atoms with Crippen LogP contribution in [0.3, 0.4) is 0 Å². The maximum Gasteiger partial charge on any atom is 0.321 e. The van der Waals surface area contributed by atoms with E-state index < -0.39 is 11.4 Å². The Labute approximate surface area is 284 Å². The van der Waals surface area contributed by atoms with Crippen LogP contribution in [0.2, 0.25) is 0 Å². The molecule has 2 amide bonds. The maximum absolute atomic E-state index is 11.9. The van der Waals surface area contributed by atoms with Gasteiger partial charge in [-0.05, 0) is 86.9 Å². The zero-order chi connectivity index (χ0) is 34.8. The van der Waals surface area contributed by atoms with E-state index in [1.54, 1.807) is 12.2 Å². The molecule has 0 aliphatic rings. The predicted octanol–water partition coefficient (Wildman–Crippen LogP) is 10.5. The summed E-state index contributed by atoms with van der Waals surface area (Å²) in [5, 5.41) is 15.6. The van der Waals surface area contributed by atoms with E-state index >= 15 is 0 Å². The Morgan fingerprint density at radius 1 is 1.02 bits per heavy atom. The van der Waals surface area contributed by atoms with Gasteiger partial charge in [-0.2, -0.15) is 0 Å². The molecule has 3 N–H and O–H groups in total. The highest BCUT2D eigenvalue weighted by Crippen LogP contribution is 2.36. The fraction of sp³-hybridized carbons (Fsp3) is 0.333. The second-order valence-electron chi connectivity index (χ2n) is 11.5. The zero-order valence-electron chi connectivity index (χ0n) is 28.7.